The number of halogens is 1. The largest absolute Gasteiger partial charge is 0.382 e. The van der Waals surface area contributed by atoms with Crippen LogP contribution in [0.1, 0.15) is 26.7 Å². The van der Waals surface area contributed by atoms with Gasteiger partial charge in [0.1, 0.15) is 0 Å². The number of hydrogen-bond donors (Lipinski definition) is 1. The van der Waals surface area contributed by atoms with Crippen LogP contribution in [0.5, 0.6) is 0 Å². The minimum Gasteiger partial charge on any atom is -0.382 e. The van der Waals surface area contributed by atoms with Crippen molar-refractivity contribution >= 4 is 11.6 Å². The van der Waals surface area contributed by atoms with Gasteiger partial charge in [-0.15, -0.1) is 0 Å². The van der Waals surface area contributed by atoms with E-state index in [0.717, 1.165) is 18.5 Å². The zero-order valence-corrected chi connectivity index (χ0v) is 10.0. The first-order chi connectivity index (χ1) is 7.10. The molecule has 0 aliphatic rings. The number of hydrogen-bond acceptors (Lipinski definition) is 2. The lowest BCUT2D eigenvalue weighted by Gasteiger charge is -2.14. The Bertz CT molecular complexity index is 297. The highest BCUT2D eigenvalue weighted by Gasteiger charge is 2.00. The zero-order chi connectivity index (χ0) is 11.7. The van der Waals surface area contributed by atoms with E-state index in [1.54, 1.807) is 12.2 Å². The number of nitriles is 1. The standard InChI is InChI=1S/C12H17ClN2/c1-4-5-11(3)15-12(8-9-14)7-6-10(2)13/h6-8,11,15H,2,4-5H2,1,3H3/b7-6-,12-8-. The third-order valence-electron chi connectivity index (χ3n) is 1.80. The molecule has 1 unspecified atom stereocenters. The van der Waals surface area contributed by atoms with Crippen molar-refractivity contribution in [2.45, 2.75) is 32.7 Å². The van der Waals surface area contributed by atoms with E-state index in [1.165, 1.54) is 6.08 Å². The second-order valence-electron chi connectivity index (χ2n) is 3.34. The maximum absolute atomic E-state index is 8.59. The third kappa shape index (κ3) is 7.84. The van der Waals surface area contributed by atoms with Gasteiger partial charge < -0.3 is 5.32 Å². The lowest BCUT2D eigenvalue weighted by molar-refractivity contribution is 0.566. The fourth-order valence-corrected chi connectivity index (χ4v) is 1.24. The van der Waals surface area contributed by atoms with Gasteiger partial charge in [0.05, 0.1) is 6.07 Å². The lowest BCUT2D eigenvalue weighted by Crippen LogP contribution is -2.24. The summed E-state index contributed by atoms with van der Waals surface area (Å²) in [6.07, 6.45) is 7.06. The molecule has 0 heterocycles. The molecule has 0 amide bonds. The van der Waals surface area contributed by atoms with Gasteiger partial charge in [0.15, 0.2) is 0 Å². The van der Waals surface area contributed by atoms with Crippen molar-refractivity contribution in [3.63, 3.8) is 0 Å². The Labute approximate surface area is 96.9 Å². The molecule has 0 radical (unpaired) electrons. The van der Waals surface area contributed by atoms with Gasteiger partial charge in [0.25, 0.3) is 0 Å². The van der Waals surface area contributed by atoms with E-state index in [2.05, 4.69) is 25.7 Å². The van der Waals surface area contributed by atoms with Crippen LogP contribution < -0.4 is 5.32 Å². The Hall–Kier alpha value is -1.20. The van der Waals surface area contributed by atoms with E-state index in [-0.39, 0.29) is 0 Å². The highest BCUT2D eigenvalue weighted by molar-refractivity contribution is 6.30. The first kappa shape index (κ1) is 13.8. The smallest absolute Gasteiger partial charge is 0.0933 e. The fraction of sp³-hybridized carbons (Fsp3) is 0.417. The van der Waals surface area contributed by atoms with Crippen molar-refractivity contribution in [3.05, 3.63) is 35.5 Å². The predicted molar refractivity (Wildman–Crippen MR) is 65.3 cm³/mol. The van der Waals surface area contributed by atoms with E-state index in [0.29, 0.717) is 11.1 Å². The van der Waals surface area contributed by atoms with Crippen LogP contribution in [0.3, 0.4) is 0 Å². The van der Waals surface area contributed by atoms with E-state index in [4.69, 9.17) is 16.9 Å². The second-order valence-corrected chi connectivity index (χ2v) is 3.83. The molecular weight excluding hydrogens is 208 g/mol. The molecule has 0 aliphatic heterocycles. The lowest BCUT2D eigenvalue weighted by atomic mass is 10.2. The molecular formula is C12H17ClN2. The van der Waals surface area contributed by atoms with Crippen LogP contribution in [0, 0.1) is 11.3 Å². The molecule has 0 aromatic heterocycles. The first-order valence-corrected chi connectivity index (χ1v) is 5.36. The summed E-state index contributed by atoms with van der Waals surface area (Å²) >= 11 is 5.60. The topological polar surface area (TPSA) is 35.8 Å². The van der Waals surface area contributed by atoms with Crippen molar-refractivity contribution in [3.8, 4) is 6.07 Å². The summed E-state index contributed by atoms with van der Waals surface area (Å²) in [5, 5.41) is 12.3. The van der Waals surface area contributed by atoms with Crippen molar-refractivity contribution in [2.24, 2.45) is 0 Å². The number of rotatable bonds is 6. The Morgan fingerprint density at radius 3 is 2.73 bits per heavy atom. The summed E-state index contributed by atoms with van der Waals surface area (Å²) in [6.45, 7) is 7.75. The van der Waals surface area contributed by atoms with Crippen molar-refractivity contribution in [1.82, 2.24) is 5.32 Å². The molecule has 0 aromatic carbocycles. The van der Waals surface area contributed by atoms with E-state index >= 15 is 0 Å². The van der Waals surface area contributed by atoms with Crippen LogP contribution in [0.2, 0.25) is 0 Å². The van der Waals surface area contributed by atoms with Crippen molar-refractivity contribution in [2.75, 3.05) is 0 Å². The predicted octanol–water partition coefficient (Wildman–Crippen LogP) is 3.48. The number of nitrogens with one attached hydrogen (secondary N) is 1. The third-order valence-corrected chi connectivity index (χ3v) is 1.92. The maximum Gasteiger partial charge on any atom is 0.0933 e. The molecule has 2 nitrogen and oxygen atoms in total. The summed E-state index contributed by atoms with van der Waals surface area (Å²) in [5.74, 6) is 0. The molecule has 1 atom stereocenters. The van der Waals surface area contributed by atoms with Crippen LogP contribution in [0.25, 0.3) is 0 Å². The molecule has 15 heavy (non-hydrogen) atoms. The highest BCUT2D eigenvalue weighted by Crippen LogP contribution is 2.04. The van der Waals surface area contributed by atoms with E-state index in [1.807, 2.05) is 6.07 Å². The van der Waals surface area contributed by atoms with Crippen molar-refractivity contribution in [1.29, 1.82) is 5.26 Å². The van der Waals surface area contributed by atoms with Gasteiger partial charge >= 0.3 is 0 Å². The summed E-state index contributed by atoms with van der Waals surface area (Å²) in [4.78, 5) is 0. The van der Waals surface area contributed by atoms with Crippen LogP contribution in [-0.4, -0.2) is 6.04 Å². The summed E-state index contributed by atoms with van der Waals surface area (Å²) < 4.78 is 0. The van der Waals surface area contributed by atoms with Gasteiger partial charge in [-0.05, 0) is 25.5 Å². The van der Waals surface area contributed by atoms with Crippen LogP contribution >= 0.6 is 11.6 Å². The van der Waals surface area contributed by atoms with E-state index in [9.17, 15) is 0 Å². The monoisotopic (exact) mass is 224 g/mol. The first-order valence-electron chi connectivity index (χ1n) is 4.99. The molecule has 0 bridgehead atoms. The summed E-state index contributed by atoms with van der Waals surface area (Å²) in [6, 6.07) is 2.34. The molecule has 0 spiro atoms. The van der Waals surface area contributed by atoms with Crippen LogP contribution in [0.4, 0.5) is 0 Å². The van der Waals surface area contributed by atoms with Gasteiger partial charge in [-0.25, -0.2) is 0 Å². The SMILES string of the molecule is C=C(Cl)/C=C\C(=C\C#N)NC(C)CCC. The molecule has 82 valence electrons. The zero-order valence-electron chi connectivity index (χ0n) is 9.26. The molecule has 0 fully saturated rings. The van der Waals surface area contributed by atoms with Gasteiger partial charge in [-0.2, -0.15) is 5.26 Å². The summed E-state index contributed by atoms with van der Waals surface area (Å²) in [5.41, 5.74) is 0.764. The van der Waals surface area contributed by atoms with Crippen molar-refractivity contribution < 1.29 is 0 Å². The van der Waals surface area contributed by atoms with E-state index < -0.39 is 0 Å². The van der Waals surface area contributed by atoms with Gasteiger partial charge in [-0.3, -0.25) is 0 Å². The molecule has 1 N–H and O–H groups in total. The molecule has 0 saturated heterocycles. The molecule has 0 aliphatic carbocycles. The van der Waals surface area contributed by atoms with Crippen LogP contribution in [0.15, 0.2) is 35.5 Å². The van der Waals surface area contributed by atoms with Crippen LogP contribution in [-0.2, 0) is 0 Å². The molecule has 0 aromatic rings. The Kier molecular flexibility index (Phi) is 7.49. The van der Waals surface area contributed by atoms with Gasteiger partial charge in [0.2, 0.25) is 0 Å². The molecule has 0 saturated carbocycles. The average molecular weight is 225 g/mol. The minimum absolute atomic E-state index is 0.350. The Morgan fingerprint density at radius 2 is 2.27 bits per heavy atom. The second kappa shape index (κ2) is 8.14. The normalized spacial score (nSPS) is 13.6. The quantitative estimate of drug-likeness (QED) is 0.554. The molecule has 0 rings (SSSR count). The average Bonchev–Trinajstić information content (AvgIpc) is 2.15. The minimum atomic E-state index is 0.350. The Morgan fingerprint density at radius 1 is 1.60 bits per heavy atom. The fourth-order valence-electron chi connectivity index (χ4n) is 1.18. The highest BCUT2D eigenvalue weighted by atomic mass is 35.5. The van der Waals surface area contributed by atoms with Gasteiger partial charge in [0, 0.05) is 22.8 Å². The Balaban J connectivity index is 4.37. The number of nitrogens with zero attached hydrogens (tertiary/aromatic N) is 1. The maximum atomic E-state index is 8.59. The summed E-state index contributed by atoms with van der Waals surface area (Å²) in [7, 11) is 0. The molecule has 3 heteroatoms. The van der Waals surface area contributed by atoms with Gasteiger partial charge in [-0.1, -0.05) is 31.5 Å². The number of allylic oxidation sites excluding steroid dienone is 4.